The van der Waals surface area contributed by atoms with Gasteiger partial charge in [-0.2, -0.15) is 0 Å². The van der Waals surface area contributed by atoms with Crippen molar-refractivity contribution in [3.63, 3.8) is 0 Å². The Morgan fingerprint density at radius 1 is 0.967 bits per heavy atom. The van der Waals surface area contributed by atoms with Crippen LogP contribution in [0.1, 0.15) is 18.1 Å². The van der Waals surface area contributed by atoms with Crippen LogP contribution in [0, 0.1) is 40.7 Å². The third-order valence-electron chi connectivity index (χ3n) is 6.70. The normalized spacial score (nSPS) is 28.3. The molecule has 2 aromatic carbocycles. The monoisotopic (exact) mass is 400 g/mol. The van der Waals surface area contributed by atoms with E-state index in [9.17, 15) is 19.7 Å². The number of carbonyl (C=O) groups excluding carboxylic acids is 2. The number of fused-ring (bicyclic) bond motifs is 5. The molecule has 1 saturated carbocycles. The van der Waals surface area contributed by atoms with Crippen LogP contribution in [0.25, 0.3) is 5.57 Å². The van der Waals surface area contributed by atoms with E-state index in [1.165, 1.54) is 17.0 Å². The molecule has 0 spiro atoms. The SMILES string of the molecule is CC(=C1[C@H]2C=C[C@H]1[C@H]1C(=O)N(c3cc([N+](=O)[O-])ccc3C)C(=O)[C@H]12)c1ccccc1. The molecule has 6 heteroatoms. The van der Waals surface area contributed by atoms with Gasteiger partial charge < -0.3 is 0 Å². The number of rotatable bonds is 3. The van der Waals surface area contributed by atoms with E-state index in [0.29, 0.717) is 11.3 Å². The average molecular weight is 400 g/mol. The number of hydrogen-bond acceptors (Lipinski definition) is 4. The van der Waals surface area contributed by atoms with E-state index in [2.05, 4.69) is 6.92 Å². The Morgan fingerprint density at radius 3 is 2.13 bits per heavy atom. The standard InChI is InChI=1S/C24H20N2O4/c1-13-8-9-16(26(29)30)12-19(13)25-23(27)21-17-10-11-18(22(21)24(25)28)20(17)14(2)15-6-4-3-5-7-15/h3-12,17-18,21-22H,1-2H3/t17-,18-,21-,22+/m1/s1. The van der Waals surface area contributed by atoms with Gasteiger partial charge in [0.05, 0.1) is 22.4 Å². The molecule has 5 rings (SSSR count). The Labute approximate surface area is 173 Å². The van der Waals surface area contributed by atoms with Gasteiger partial charge in [0, 0.05) is 24.0 Å². The van der Waals surface area contributed by atoms with Crippen LogP contribution in [0.4, 0.5) is 11.4 Å². The Kier molecular flexibility index (Phi) is 4.00. The van der Waals surface area contributed by atoms with Crippen molar-refractivity contribution in [2.45, 2.75) is 13.8 Å². The number of nitro groups is 1. The highest BCUT2D eigenvalue weighted by Gasteiger charge is 2.62. The first-order valence-electron chi connectivity index (χ1n) is 9.97. The highest BCUT2D eigenvalue weighted by Crippen LogP contribution is 2.58. The van der Waals surface area contributed by atoms with E-state index >= 15 is 0 Å². The van der Waals surface area contributed by atoms with Crippen LogP contribution >= 0.6 is 0 Å². The first kappa shape index (κ1) is 18.5. The number of aryl methyl sites for hydroxylation is 1. The van der Waals surface area contributed by atoms with Crippen LogP contribution in [0.3, 0.4) is 0 Å². The maximum Gasteiger partial charge on any atom is 0.271 e. The quantitative estimate of drug-likeness (QED) is 0.333. The molecule has 2 aromatic rings. The van der Waals surface area contributed by atoms with Crippen LogP contribution < -0.4 is 4.90 Å². The smallest absolute Gasteiger partial charge is 0.271 e. The summed E-state index contributed by atoms with van der Waals surface area (Å²) in [6.07, 6.45) is 4.09. The van der Waals surface area contributed by atoms with Crippen molar-refractivity contribution in [3.8, 4) is 0 Å². The topological polar surface area (TPSA) is 80.5 Å². The van der Waals surface area contributed by atoms with Crippen molar-refractivity contribution in [1.82, 2.24) is 0 Å². The number of nitrogens with zero attached hydrogens (tertiary/aromatic N) is 2. The van der Waals surface area contributed by atoms with E-state index in [4.69, 9.17) is 0 Å². The van der Waals surface area contributed by atoms with Gasteiger partial charge in [-0.05, 0) is 30.5 Å². The number of anilines is 1. The van der Waals surface area contributed by atoms with Crippen molar-refractivity contribution in [2.24, 2.45) is 23.7 Å². The highest BCUT2D eigenvalue weighted by molar-refractivity contribution is 6.23. The van der Waals surface area contributed by atoms with Crippen molar-refractivity contribution in [3.05, 3.63) is 87.5 Å². The van der Waals surface area contributed by atoms with Crippen molar-refractivity contribution in [2.75, 3.05) is 4.90 Å². The number of carbonyl (C=O) groups is 2. The maximum atomic E-state index is 13.4. The zero-order valence-electron chi connectivity index (χ0n) is 16.6. The molecule has 1 heterocycles. The van der Waals surface area contributed by atoms with E-state index in [-0.39, 0.29) is 29.3 Å². The third kappa shape index (κ3) is 2.43. The lowest BCUT2D eigenvalue weighted by atomic mass is 9.85. The largest absolute Gasteiger partial charge is 0.274 e. The van der Waals surface area contributed by atoms with Gasteiger partial charge in [0.2, 0.25) is 11.8 Å². The summed E-state index contributed by atoms with van der Waals surface area (Å²) >= 11 is 0. The minimum atomic E-state index is -0.510. The molecule has 6 nitrogen and oxygen atoms in total. The van der Waals surface area contributed by atoms with E-state index in [1.54, 1.807) is 13.0 Å². The third-order valence-corrected chi connectivity index (χ3v) is 6.70. The van der Waals surface area contributed by atoms with Gasteiger partial charge in [-0.3, -0.25) is 19.7 Å². The molecule has 150 valence electrons. The summed E-state index contributed by atoms with van der Waals surface area (Å²) in [4.78, 5) is 38.7. The van der Waals surface area contributed by atoms with Crippen LogP contribution in [0.2, 0.25) is 0 Å². The van der Waals surface area contributed by atoms with Crippen LogP contribution in [0.5, 0.6) is 0 Å². The van der Waals surface area contributed by atoms with Gasteiger partial charge in [-0.15, -0.1) is 0 Å². The molecule has 3 aliphatic rings. The molecular weight excluding hydrogens is 380 g/mol. The molecule has 1 saturated heterocycles. The van der Waals surface area contributed by atoms with Crippen LogP contribution in [-0.4, -0.2) is 16.7 Å². The summed E-state index contributed by atoms with van der Waals surface area (Å²) in [6, 6.07) is 14.3. The van der Waals surface area contributed by atoms with Gasteiger partial charge in [0.25, 0.3) is 5.69 Å². The predicted octanol–water partition coefficient (Wildman–Crippen LogP) is 4.30. The van der Waals surface area contributed by atoms with Gasteiger partial charge in [0.15, 0.2) is 0 Å². The van der Waals surface area contributed by atoms with Crippen LogP contribution in [-0.2, 0) is 9.59 Å². The number of hydrogen-bond donors (Lipinski definition) is 0. The van der Waals surface area contributed by atoms with Gasteiger partial charge in [-0.1, -0.05) is 54.1 Å². The molecule has 4 atom stereocenters. The zero-order chi connectivity index (χ0) is 21.2. The fourth-order valence-electron chi connectivity index (χ4n) is 5.31. The summed E-state index contributed by atoms with van der Waals surface area (Å²) < 4.78 is 0. The Morgan fingerprint density at radius 2 is 1.57 bits per heavy atom. The van der Waals surface area contributed by atoms with Gasteiger partial charge >= 0.3 is 0 Å². The number of benzene rings is 2. The lowest BCUT2D eigenvalue weighted by molar-refractivity contribution is -0.384. The van der Waals surface area contributed by atoms with E-state index < -0.39 is 16.8 Å². The summed E-state index contributed by atoms with van der Waals surface area (Å²) in [5.74, 6) is -1.63. The number of imide groups is 1. The molecule has 0 N–H and O–H groups in total. The van der Waals surface area contributed by atoms with Crippen molar-refractivity contribution >= 4 is 28.8 Å². The van der Waals surface area contributed by atoms with E-state index in [0.717, 1.165) is 16.7 Å². The number of allylic oxidation sites excluding steroid dienone is 4. The van der Waals surface area contributed by atoms with E-state index in [1.807, 2.05) is 42.5 Å². The maximum absolute atomic E-state index is 13.4. The molecule has 0 aromatic heterocycles. The molecule has 2 aliphatic carbocycles. The second kappa shape index (κ2) is 6.49. The first-order chi connectivity index (χ1) is 14.4. The average Bonchev–Trinajstić information content (AvgIpc) is 3.38. The fourth-order valence-corrected chi connectivity index (χ4v) is 5.31. The summed E-state index contributed by atoms with van der Waals surface area (Å²) in [5.41, 5.74) is 4.21. The molecule has 2 bridgehead atoms. The Bertz CT molecular complexity index is 1130. The molecule has 0 unspecified atom stereocenters. The number of nitro benzene ring substituents is 1. The lowest BCUT2D eigenvalue weighted by Crippen LogP contribution is -2.33. The van der Waals surface area contributed by atoms with Gasteiger partial charge in [0.1, 0.15) is 0 Å². The Balaban J connectivity index is 1.56. The minimum absolute atomic E-state index is 0.110. The number of non-ortho nitro benzene ring substituents is 1. The lowest BCUT2D eigenvalue weighted by Gasteiger charge is -2.21. The summed E-state index contributed by atoms with van der Waals surface area (Å²) in [6.45, 7) is 3.81. The fraction of sp³-hybridized carbons (Fsp3) is 0.250. The van der Waals surface area contributed by atoms with Gasteiger partial charge in [-0.25, -0.2) is 4.90 Å². The molecule has 0 radical (unpaired) electrons. The van der Waals surface area contributed by atoms with Crippen molar-refractivity contribution < 1.29 is 14.5 Å². The molecule has 30 heavy (non-hydrogen) atoms. The molecule has 1 aliphatic heterocycles. The predicted molar refractivity (Wildman–Crippen MR) is 112 cm³/mol. The highest BCUT2D eigenvalue weighted by atomic mass is 16.6. The molecule has 2 fully saturated rings. The molecule has 2 amide bonds. The second-order valence-electron chi connectivity index (χ2n) is 8.17. The molecular formula is C24H20N2O4. The summed E-state index contributed by atoms with van der Waals surface area (Å²) in [5, 5.41) is 11.2. The second-order valence-corrected chi connectivity index (χ2v) is 8.17. The Hall–Kier alpha value is -3.54. The van der Waals surface area contributed by atoms with Crippen LogP contribution in [0.15, 0.2) is 66.3 Å². The first-order valence-corrected chi connectivity index (χ1v) is 9.97. The minimum Gasteiger partial charge on any atom is -0.274 e. The zero-order valence-corrected chi connectivity index (χ0v) is 16.6. The van der Waals surface area contributed by atoms with Crippen molar-refractivity contribution in [1.29, 1.82) is 0 Å². The summed E-state index contributed by atoms with van der Waals surface area (Å²) in [7, 11) is 0. The number of amides is 2.